The minimum Gasteiger partial charge on any atom is -0.379 e. The number of rotatable bonds is 5. The van der Waals surface area contributed by atoms with Gasteiger partial charge in [0.15, 0.2) is 0 Å². The van der Waals surface area contributed by atoms with Crippen molar-refractivity contribution < 1.29 is 9.47 Å². The fourth-order valence-electron chi connectivity index (χ4n) is 1.52. The van der Waals surface area contributed by atoms with Crippen LogP contribution >= 0.6 is 0 Å². The van der Waals surface area contributed by atoms with Gasteiger partial charge in [-0.05, 0) is 38.8 Å². The Morgan fingerprint density at radius 3 is 2.69 bits per heavy atom. The summed E-state index contributed by atoms with van der Waals surface area (Å²) in [5, 5.41) is 3.34. The highest BCUT2D eigenvalue weighted by Gasteiger charge is 2.13. The zero-order valence-corrected chi connectivity index (χ0v) is 8.71. The van der Waals surface area contributed by atoms with Crippen LogP contribution in [0.4, 0.5) is 0 Å². The van der Waals surface area contributed by atoms with Gasteiger partial charge in [-0.25, -0.2) is 0 Å². The van der Waals surface area contributed by atoms with Gasteiger partial charge in [-0.3, -0.25) is 0 Å². The van der Waals surface area contributed by atoms with Gasteiger partial charge in [0.05, 0.1) is 12.7 Å². The van der Waals surface area contributed by atoms with Crippen molar-refractivity contribution in [3.05, 3.63) is 0 Å². The molecule has 0 aromatic heterocycles. The van der Waals surface area contributed by atoms with E-state index in [0.717, 1.165) is 32.2 Å². The molecule has 3 heteroatoms. The van der Waals surface area contributed by atoms with Gasteiger partial charge < -0.3 is 14.8 Å². The summed E-state index contributed by atoms with van der Waals surface area (Å²) in [4.78, 5) is 0. The van der Waals surface area contributed by atoms with Crippen molar-refractivity contribution in [2.45, 2.75) is 25.9 Å². The molecular formula is C10H21NO2. The molecule has 1 fully saturated rings. The smallest absolute Gasteiger partial charge is 0.0776 e. The van der Waals surface area contributed by atoms with Crippen LogP contribution in [0.5, 0.6) is 0 Å². The van der Waals surface area contributed by atoms with E-state index in [2.05, 4.69) is 5.32 Å². The zero-order chi connectivity index (χ0) is 9.52. The van der Waals surface area contributed by atoms with E-state index < -0.39 is 0 Å². The van der Waals surface area contributed by atoms with E-state index in [-0.39, 0.29) is 6.10 Å². The average Bonchev–Trinajstić information content (AvgIpc) is 2.19. The van der Waals surface area contributed by atoms with Crippen LogP contribution in [0.15, 0.2) is 0 Å². The average molecular weight is 187 g/mol. The van der Waals surface area contributed by atoms with E-state index >= 15 is 0 Å². The van der Waals surface area contributed by atoms with Crippen molar-refractivity contribution in [3.8, 4) is 0 Å². The summed E-state index contributed by atoms with van der Waals surface area (Å²) in [5.74, 6) is 0.755. The number of piperidine rings is 1. The van der Waals surface area contributed by atoms with Gasteiger partial charge in [-0.1, -0.05) is 0 Å². The maximum atomic E-state index is 5.57. The molecule has 1 atom stereocenters. The zero-order valence-electron chi connectivity index (χ0n) is 8.71. The summed E-state index contributed by atoms with van der Waals surface area (Å²) in [6, 6.07) is 0. The monoisotopic (exact) mass is 187 g/mol. The Morgan fingerprint density at radius 2 is 2.08 bits per heavy atom. The molecule has 1 aliphatic rings. The Labute approximate surface area is 80.8 Å². The predicted molar refractivity (Wildman–Crippen MR) is 52.9 cm³/mol. The first kappa shape index (κ1) is 11.0. The van der Waals surface area contributed by atoms with Crippen LogP contribution in [-0.2, 0) is 9.47 Å². The van der Waals surface area contributed by atoms with Crippen LogP contribution < -0.4 is 5.32 Å². The summed E-state index contributed by atoms with van der Waals surface area (Å²) < 4.78 is 10.7. The predicted octanol–water partition coefficient (Wildman–Crippen LogP) is 1.04. The summed E-state index contributed by atoms with van der Waals surface area (Å²) >= 11 is 0. The summed E-state index contributed by atoms with van der Waals surface area (Å²) in [5.41, 5.74) is 0. The highest BCUT2D eigenvalue weighted by molar-refractivity contribution is 4.67. The van der Waals surface area contributed by atoms with Crippen LogP contribution in [0.1, 0.15) is 19.8 Å². The minimum atomic E-state index is 0.224. The molecular weight excluding hydrogens is 166 g/mol. The fraction of sp³-hybridized carbons (Fsp3) is 1.00. The molecule has 3 nitrogen and oxygen atoms in total. The highest BCUT2D eigenvalue weighted by atomic mass is 16.5. The lowest BCUT2D eigenvalue weighted by Crippen LogP contribution is -2.30. The van der Waals surface area contributed by atoms with Crippen molar-refractivity contribution in [3.63, 3.8) is 0 Å². The third kappa shape index (κ3) is 4.60. The molecule has 0 bridgehead atoms. The molecule has 0 radical (unpaired) electrons. The molecule has 1 unspecified atom stereocenters. The first-order valence-corrected chi connectivity index (χ1v) is 5.14. The van der Waals surface area contributed by atoms with Gasteiger partial charge in [0.2, 0.25) is 0 Å². The molecule has 0 aromatic rings. The fourth-order valence-corrected chi connectivity index (χ4v) is 1.52. The van der Waals surface area contributed by atoms with Crippen molar-refractivity contribution in [1.29, 1.82) is 0 Å². The molecule has 1 N–H and O–H groups in total. The molecule has 0 saturated carbocycles. The van der Waals surface area contributed by atoms with E-state index in [1.54, 1.807) is 7.11 Å². The summed E-state index contributed by atoms with van der Waals surface area (Å²) in [6.45, 7) is 5.94. The largest absolute Gasteiger partial charge is 0.379 e. The SMILES string of the molecule is COC(C)COCC1CCNCC1. The lowest BCUT2D eigenvalue weighted by Gasteiger charge is -2.22. The number of hydrogen-bond donors (Lipinski definition) is 1. The first-order chi connectivity index (χ1) is 6.33. The van der Waals surface area contributed by atoms with Crippen molar-refractivity contribution in [1.82, 2.24) is 5.32 Å². The Kier molecular flexibility index (Phi) is 5.35. The Morgan fingerprint density at radius 1 is 1.38 bits per heavy atom. The summed E-state index contributed by atoms with van der Waals surface area (Å²) in [6.07, 6.45) is 2.73. The van der Waals surface area contributed by atoms with Crippen LogP contribution in [0.25, 0.3) is 0 Å². The third-order valence-electron chi connectivity index (χ3n) is 2.57. The minimum absolute atomic E-state index is 0.224. The summed E-state index contributed by atoms with van der Waals surface area (Å²) in [7, 11) is 1.72. The molecule has 0 aliphatic carbocycles. The first-order valence-electron chi connectivity index (χ1n) is 5.14. The molecule has 0 amide bonds. The lowest BCUT2D eigenvalue weighted by atomic mass is 9.99. The van der Waals surface area contributed by atoms with Gasteiger partial charge in [0.25, 0.3) is 0 Å². The van der Waals surface area contributed by atoms with Crippen molar-refractivity contribution in [2.24, 2.45) is 5.92 Å². The van der Waals surface area contributed by atoms with E-state index in [1.165, 1.54) is 12.8 Å². The molecule has 0 aromatic carbocycles. The molecule has 1 aliphatic heterocycles. The van der Waals surface area contributed by atoms with E-state index in [4.69, 9.17) is 9.47 Å². The maximum Gasteiger partial charge on any atom is 0.0776 e. The van der Waals surface area contributed by atoms with Crippen LogP contribution in [-0.4, -0.2) is 39.5 Å². The Hall–Kier alpha value is -0.120. The van der Waals surface area contributed by atoms with Crippen LogP contribution in [0, 0.1) is 5.92 Å². The van der Waals surface area contributed by atoms with Crippen LogP contribution in [0.3, 0.4) is 0 Å². The molecule has 1 rings (SSSR count). The quantitative estimate of drug-likeness (QED) is 0.697. The van der Waals surface area contributed by atoms with Gasteiger partial charge in [-0.15, -0.1) is 0 Å². The Bertz CT molecular complexity index is 124. The van der Waals surface area contributed by atoms with E-state index in [0.29, 0.717) is 0 Å². The molecule has 1 heterocycles. The van der Waals surface area contributed by atoms with E-state index in [9.17, 15) is 0 Å². The van der Waals surface area contributed by atoms with Gasteiger partial charge in [0, 0.05) is 13.7 Å². The van der Waals surface area contributed by atoms with Gasteiger partial charge >= 0.3 is 0 Å². The van der Waals surface area contributed by atoms with Crippen molar-refractivity contribution >= 4 is 0 Å². The van der Waals surface area contributed by atoms with Gasteiger partial charge in [-0.2, -0.15) is 0 Å². The van der Waals surface area contributed by atoms with E-state index in [1.807, 2.05) is 6.92 Å². The van der Waals surface area contributed by atoms with Gasteiger partial charge in [0.1, 0.15) is 0 Å². The molecule has 13 heavy (non-hydrogen) atoms. The number of ether oxygens (including phenoxy) is 2. The topological polar surface area (TPSA) is 30.5 Å². The Balaban J connectivity index is 1.98. The second-order valence-corrected chi connectivity index (χ2v) is 3.78. The maximum absolute atomic E-state index is 5.57. The van der Waals surface area contributed by atoms with Crippen LogP contribution in [0.2, 0.25) is 0 Å². The van der Waals surface area contributed by atoms with Crippen molar-refractivity contribution in [2.75, 3.05) is 33.4 Å². The number of nitrogens with one attached hydrogen (secondary N) is 1. The standard InChI is InChI=1S/C10H21NO2/c1-9(12-2)7-13-8-10-3-5-11-6-4-10/h9-11H,3-8H2,1-2H3. The normalized spacial score (nSPS) is 21.7. The molecule has 0 spiro atoms. The number of hydrogen-bond acceptors (Lipinski definition) is 3. The second-order valence-electron chi connectivity index (χ2n) is 3.78. The molecule has 78 valence electrons. The second kappa shape index (κ2) is 6.35. The number of methoxy groups -OCH3 is 1. The highest BCUT2D eigenvalue weighted by Crippen LogP contribution is 2.11. The third-order valence-corrected chi connectivity index (χ3v) is 2.57. The molecule has 1 saturated heterocycles. The lowest BCUT2D eigenvalue weighted by molar-refractivity contribution is 0.00278.